The normalized spacial score (nSPS) is 11.6. The third-order valence-corrected chi connectivity index (χ3v) is 6.06. The minimum absolute atomic E-state index is 0.258. The lowest BCUT2D eigenvalue weighted by molar-refractivity contribution is 0.137. The maximum atomic E-state index is 13.2. The highest BCUT2D eigenvalue weighted by Gasteiger charge is 2.20. The molecule has 4 heterocycles. The van der Waals surface area contributed by atoms with Crippen LogP contribution >= 0.6 is 23.1 Å². The third-order valence-electron chi connectivity index (χ3n) is 4.32. The van der Waals surface area contributed by atoms with E-state index in [1.807, 2.05) is 53.3 Å². The van der Waals surface area contributed by atoms with Crippen LogP contribution in [0.5, 0.6) is 0 Å². The first-order valence-corrected chi connectivity index (χ1v) is 10.5. The predicted octanol–water partition coefficient (Wildman–Crippen LogP) is 4.83. The maximum absolute atomic E-state index is 13.2. The summed E-state index contributed by atoms with van der Waals surface area (Å²) in [4.78, 5) is 0.970. The van der Waals surface area contributed by atoms with E-state index in [0.717, 1.165) is 20.6 Å². The molecular weight excluding hydrogens is 428 g/mol. The highest BCUT2D eigenvalue weighted by molar-refractivity contribution is 7.99. The van der Waals surface area contributed by atoms with E-state index in [0.29, 0.717) is 16.0 Å². The van der Waals surface area contributed by atoms with Crippen LogP contribution < -0.4 is 0 Å². The molecule has 0 unspecified atom stereocenters. The van der Waals surface area contributed by atoms with Crippen LogP contribution in [-0.2, 0) is 0 Å². The molecule has 7 nitrogen and oxygen atoms in total. The zero-order valence-corrected chi connectivity index (χ0v) is 17.1. The largest absolute Gasteiger partial charge is 0.299 e. The van der Waals surface area contributed by atoms with Crippen LogP contribution in [0.15, 0.2) is 64.1 Å². The van der Waals surface area contributed by atoms with E-state index in [1.165, 1.54) is 11.8 Å². The first-order chi connectivity index (χ1) is 14.6. The van der Waals surface area contributed by atoms with Crippen molar-refractivity contribution < 1.29 is 8.78 Å². The van der Waals surface area contributed by atoms with Crippen LogP contribution in [0.4, 0.5) is 8.78 Å². The van der Waals surface area contributed by atoms with Gasteiger partial charge in [-0.3, -0.25) is 4.57 Å². The number of rotatable bonds is 5. The van der Waals surface area contributed by atoms with Gasteiger partial charge in [0, 0.05) is 5.69 Å². The summed E-state index contributed by atoms with van der Waals surface area (Å²) in [7, 11) is 0. The van der Waals surface area contributed by atoms with Gasteiger partial charge in [-0.05, 0) is 54.4 Å². The summed E-state index contributed by atoms with van der Waals surface area (Å²) in [6, 6.07) is 15.2. The van der Waals surface area contributed by atoms with E-state index >= 15 is 0 Å². The van der Waals surface area contributed by atoms with Gasteiger partial charge >= 0.3 is 0 Å². The number of alkyl halides is 2. The number of thiophene rings is 1. The van der Waals surface area contributed by atoms with E-state index in [2.05, 4.69) is 25.5 Å². The second-order valence-electron chi connectivity index (χ2n) is 6.36. The van der Waals surface area contributed by atoms with Crippen molar-refractivity contribution in [3.8, 4) is 16.4 Å². The van der Waals surface area contributed by atoms with Gasteiger partial charge in [0.2, 0.25) is 11.0 Å². The van der Waals surface area contributed by atoms with Gasteiger partial charge in [0.05, 0.1) is 4.88 Å². The number of aromatic nitrogens is 7. The van der Waals surface area contributed by atoms with Crippen molar-refractivity contribution in [1.29, 1.82) is 0 Å². The molecular formula is C19H13F2N7S2. The van der Waals surface area contributed by atoms with Crippen molar-refractivity contribution in [3.05, 3.63) is 65.3 Å². The quantitative estimate of drug-likeness (QED) is 0.389. The molecule has 150 valence electrons. The fourth-order valence-electron chi connectivity index (χ4n) is 2.90. The van der Waals surface area contributed by atoms with Crippen molar-refractivity contribution in [1.82, 2.24) is 34.6 Å². The molecule has 0 aliphatic carbocycles. The third kappa shape index (κ3) is 3.35. The minimum Gasteiger partial charge on any atom is -0.269 e. The van der Waals surface area contributed by atoms with Crippen molar-refractivity contribution in [3.63, 3.8) is 0 Å². The summed E-state index contributed by atoms with van der Waals surface area (Å²) in [5.74, 6) is 0.210. The molecule has 0 saturated carbocycles. The Hall–Kier alpha value is -3.18. The molecule has 0 N–H and O–H groups in total. The highest BCUT2D eigenvalue weighted by Crippen LogP contribution is 2.33. The lowest BCUT2D eigenvalue weighted by Crippen LogP contribution is -2.02. The highest BCUT2D eigenvalue weighted by atomic mass is 32.2. The number of hydrogen-bond acceptors (Lipinski definition) is 7. The fraction of sp³-hybridized carbons (Fsp3) is 0.105. The second-order valence-corrected chi connectivity index (χ2v) is 8.29. The number of benzene rings is 1. The zero-order chi connectivity index (χ0) is 20.7. The standard InChI is InChI=1S/C19H13F2N7S2/c1-11-4-6-12(7-5-11)27-17(13-3-2-10-29-13)23-25-19(27)30-15-9-8-14-22-24-18(16(20)21)28(14)26-15/h2-10,16H,1H3. The summed E-state index contributed by atoms with van der Waals surface area (Å²) in [5.41, 5.74) is 2.29. The molecule has 0 bridgehead atoms. The SMILES string of the molecule is Cc1ccc(-n2c(Sc3ccc4nnc(C(F)F)n4n3)nnc2-c2cccs2)cc1. The van der Waals surface area contributed by atoms with Crippen LogP contribution in [0.2, 0.25) is 0 Å². The van der Waals surface area contributed by atoms with Crippen LogP contribution in [0.1, 0.15) is 17.8 Å². The van der Waals surface area contributed by atoms with Crippen molar-refractivity contribution in [2.24, 2.45) is 0 Å². The molecule has 30 heavy (non-hydrogen) atoms. The lowest BCUT2D eigenvalue weighted by Gasteiger charge is -2.10. The van der Waals surface area contributed by atoms with Gasteiger partial charge in [0.25, 0.3) is 6.43 Å². The predicted molar refractivity (Wildman–Crippen MR) is 109 cm³/mol. The van der Waals surface area contributed by atoms with Crippen LogP contribution in [-0.4, -0.2) is 34.6 Å². The number of hydrogen-bond donors (Lipinski definition) is 0. The van der Waals surface area contributed by atoms with Crippen LogP contribution in [0.3, 0.4) is 0 Å². The van der Waals surface area contributed by atoms with Crippen LogP contribution in [0, 0.1) is 6.92 Å². The van der Waals surface area contributed by atoms with Gasteiger partial charge in [-0.2, -0.15) is 9.61 Å². The van der Waals surface area contributed by atoms with E-state index in [1.54, 1.807) is 23.5 Å². The average molecular weight is 441 g/mol. The minimum atomic E-state index is -2.77. The van der Waals surface area contributed by atoms with Gasteiger partial charge < -0.3 is 0 Å². The molecule has 5 rings (SSSR count). The van der Waals surface area contributed by atoms with Gasteiger partial charge in [-0.15, -0.1) is 31.7 Å². The Morgan fingerprint density at radius 3 is 2.53 bits per heavy atom. The number of aryl methyl sites for hydroxylation is 1. The fourth-order valence-corrected chi connectivity index (χ4v) is 4.41. The monoisotopic (exact) mass is 441 g/mol. The summed E-state index contributed by atoms with van der Waals surface area (Å²) in [6.07, 6.45) is -2.77. The first kappa shape index (κ1) is 18.8. The number of fused-ring (bicyclic) bond motifs is 1. The molecule has 0 aliphatic rings. The van der Waals surface area contributed by atoms with Gasteiger partial charge in [0.15, 0.2) is 11.5 Å². The zero-order valence-electron chi connectivity index (χ0n) is 15.5. The lowest BCUT2D eigenvalue weighted by atomic mass is 10.2. The van der Waals surface area contributed by atoms with E-state index < -0.39 is 12.2 Å². The second kappa shape index (κ2) is 7.58. The summed E-state index contributed by atoms with van der Waals surface area (Å²) < 4.78 is 29.3. The molecule has 0 aliphatic heterocycles. The molecule has 0 spiro atoms. The van der Waals surface area contributed by atoms with E-state index in [9.17, 15) is 8.78 Å². The van der Waals surface area contributed by atoms with Gasteiger partial charge in [-0.1, -0.05) is 23.8 Å². The van der Waals surface area contributed by atoms with Crippen LogP contribution in [0.25, 0.3) is 22.0 Å². The smallest absolute Gasteiger partial charge is 0.269 e. The van der Waals surface area contributed by atoms with E-state index in [-0.39, 0.29) is 5.65 Å². The topological polar surface area (TPSA) is 73.8 Å². The molecule has 0 saturated heterocycles. The van der Waals surface area contributed by atoms with Gasteiger partial charge in [-0.25, -0.2) is 8.78 Å². The average Bonchev–Trinajstić information content (AvgIpc) is 3.48. The molecule has 0 atom stereocenters. The Labute approximate surface area is 177 Å². The Bertz CT molecular complexity index is 1310. The number of nitrogens with zero attached hydrogens (tertiary/aromatic N) is 7. The number of halogens is 2. The molecule has 0 amide bonds. The van der Waals surface area contributed by atoms with Crippen molar-refractivity contribution >= 4 is 28.7 Å². The Morgan fingerprint density at radius 2 is 1.80 bits per heavy atom. The Balaban J connectivity index is 1.60. The molecule has 0 radical (unpaired) electrons. The van der Waals surface area contributed by atoms with E-state index in [4.69, 9.17) is 0 Å². The Kier molecular flexibility index (Phi) is 4.75. The molecule has 0 fully saturated rings. The summed E-state index contributed by atoms with van der Waals surface area (Å²) in [5, 5.41) is 23.3. The molecule has 4 aromatic heterocycles. The Morgan fingerprint density at radius 1 is 0.967 bits per heavy atom. The van der Waals surface area contributed by atoms with Gasteiger partial charge in [0.1, 0.15) is 5.03 Å². The molecule has 11 heteroatoms. The summed E-state index contributed by atoms with van der Waals surface area (Å²) >= 11 is 2.80. The van der Waals surface area contributed by atoms with Crippen molar-refractivity contribution in [2.45, 2.75) is 23.5 Å². The summed E-state index contributed by atoms with van der Waals surface area (Å²) in [6.45, 7) is 2.02. The maximum Gasteiger partial charge on any atom is 0.299 e. The molecule has 1 aromatic carbocycles. The van der Waals surface area contributed by atoms with Crippen molar-refractivity contribution in [2.75, 3.05) is 0 Å². The molecule has 5 aromatic rings. The first-order valence-electron chi connectivity index (χ1n) is 8.85.